The summed E-state index contributed by atoms with van der Waals surface area (Å²) in [5.74, 6) is 0. The Morgan fingerprint density at radius 1 is 0.897 bits per heavy atom. The first-order valence-electron chi connectivity index (χ1n) is 9.07. The van der Waals surface area contributed by atoms with Gasteiger partial charge in [-0.1, -0.05) is 48.0 Å². The summed E-state index contributed by atoms with van der Waals surface area (Å²) in [6.07, 6.45) is 0. The third-order valence-electron chi connectivity index (χ3n) is 5.09. The Morgan fingerprint density at radius 3 is 2.31 bits per heavy atom. The van der Waals surface area contributed by atoms with Crippen LogP contribution < -0.4 is 9.21 Å². The molecule has 0 unspecified atom stereocenters. The smallest absolute Gasteiger partial charge is 0.287 e. The summed E-state index contributed by atoms with van der Waals surface area (Å²) in [7, 11) is -4.04. The number of carbonyl (C=O) groups is 1. The lowest BCUT2D eigenvalue weighted by Crippen LogP contribution is -2.50. The van der Waals surface area contributed by atoms with E-state index >= 15 is 0 Å². The van der Waals surface area contributed by atoms with Gasteiger partial charge in [0.05, 0.1) is 17.9 Å². The lowest BCUT2D eigenvalue weighted by molar-refractivity contribution is 0.253. The largest absolute Gasteiger partial charge is 0.343 e. The molecule has 0 N–H and O–H groups in total. The van der Waals surface area contributed by atoms with Crippen molar-refractivity contribution in [2.45, 2.75) is 25.3 Å². The van der Waals surface area contributed by atoms with Gasteiger partial charge in [-0.05, 0) is 60.9 Å². The maximum Gasteiger partial charge on any atom is 0.343 e. The average Bonchev–Trinajstić information content (AvgIpc) is 2.69. The Morgan fingerprint density at radius 2 is 1.59 bits per heavy atom. The number of nitrogens with zero attached hydrogens (tertiary/aromatic N) is 2. The number of anilines is 2. The van der Waals surface area contributed by atoms with Crippen LogP contribution >= 0.6 is 11.6 Å². The second-order valence-electron chi connectivity index (χ2n) is 6.97. The molecule has 2 amide bonds. The highest BCUT2D eigenvalue weighted by Gasteiger charge is 2.42. The predicted octanol–water partition coefficient (Wildman–Crippen LogP) is 5.29. The van der Waals surface area contributed by atoms with E-state index in [0.717, 1.165) is 21.0 Å². The van der Waals surface area contributed by atoms with Crippen molar-refractivity contribution >= 4 is 39.0 Å². The number of para-hydroxylation sites is 1. The highest BCUT2D eigenvalue weighted by molar-refractivity contribution is 7.94. The fraction of sp³-hybridized carbons (Fsp3) is 0.136. The van der Waals surface area contributed by atoms with Gasteiger partial charge in [0.2, 0.25) is 0 Å². The summed E-state index contributed by atoms with van der Waals surface area (Å²) in [5.41, 5.74) is 3.32. The molecule has 0 aliphatic carbocycles. The molecular formula is C22H19ClN2O3S. The molecule has 0 fully saturated rings. The summed E-state index contributed by atoms with van der Waals surface area (Å²) < 4.78 is 27.5. The molecule has 29 heavy (non-hydrogen) atoms. The van der Waals surface area contributed by atoms with Crippen LogP contribution in [0, 0.1) is 13.8 Å². The maximum absolute atomic E-state index is 13.4. The Hall–Kier alpha value is -2.83. The van der Waals surface area contributed by atoms with Crippen LogP contribution in [0.2, 0.25) is 5.02 Å². The number of amides is 2. The third-order valence-corrected chi connectivity index (χ3v) is 7.21. The average molecular weight is 427 g/mol. The molecule has 1 aliphatic heterocycles. The summed E-state index contributed by atoms with van der Waals surface area (Å²) >= 11 is 6.30. The number of sulfonamides is 1. The molecule has 5 nitrogen and oxygen atoms in total. The minimum Gasteiger partial charge on any atom is -0.287 e. The zero-order valence-corrected chi connectivity index (χ0v) is 17.5. The Balaban J connectivity index is 1.89. The molecule has 3 aromatic carbocycles. The van der Waals surface area contributed by atoms with Crippen molar-refractivity contribution in [3.8, 4) is 0 Å². The van der Waals surface area contributed by atoms with Gasteiger partial charge in [-0.15, -0.1) is 0 Å². The van der Waals surface area contributed by atoms with Crippen LogP contribution in [0.3, 0.4) is 0 Å². The minimum atomic E-state index is -4.04. The summed E-state index contributed by atoms with van der Waals surface area (Å²) in [4.78, 5) is 15.0. The zero-order chi connectivity index (χ0) is 20.8. The van der Waals surface area contributed by atoms with Gasteiger partial charge in [0.25, 0.3) is 10.0 Å². The summed E-state index contributed by atoms with van der Waals surface area (Å²) in [6.45, 7) is 3.98. The van der Waals surface area contributed by atoms with Crippen LogP contribution in [0.25, 0.3) is 0 Å². The molecule has 0 aromatic heterocycles. The van der Waals surface area contributed by atoms with Crippen molar-refractivity contribution in [3.05, 3.63) is 88.4 Å². The van der Waals surface area contributed by atoms with Crippen molar-refractivity contribution in [3.63, 3.8) is 0 Å². The molecule has 7 heteroatoms. The number of rotatable bonds is 3. The SMILES string of the molecule is Cc1ccc(N2C(=O)N(Cc3ccccc3Cl)c3ccccc3S2(=O)=O)cc1C. The number of benzene rings is 3. The predicted molar refractivity (Wildman–Crippen MR) is 115 cm³/mol. The molecule has 4 rings (SSSR count). The van der Waals surface area contributed by atoms with Gasteiger partial charge >= 0.3 is 6.03 Å². The van der Waals surface area contributed by atoms with Crippen molar-refractivity contribution in [1.82, 2.24) is 0 Å². The van der Waals surface area contributed by atoms with E-state index in [1.165, 1.54) is 11.0 Å². The van der Waals surface area contributed by atoms with Crippen LogP contribution in [0.1, 0.15) is 16.7 Å². The Kier molecular flexibility index (Phi) is 4.84. The molecule has 0 atom stereocenters. The lowest BCUT2D eigenvalue weighted by atomic mass is 10.1. The lowest BCUT2D eigenvalue weighted by Gasteiger charge is -2.36. The minimum absolute atomic E-state index is 0.0879. The van der Waals surface area contributed by atoms with E-state index in [1.807, 2.05) is 38.1 Å². The number of halogens is 1. The Bertz CT molecular complexity index is 1220. The van der Waals surface area contributed by atoms with Gasteiger partial charge in [0.1, 0.15) is 4.90 Å². The first kappa shape index (κ1) is 19.5. The molecule has 0 saturated heterocycles. The van der Waals surface area contributed by atoms with Crippen LogP contribution in [0.4, 0.5) is 16.2 Å². The molecule has 0 radical (unpaired) electrons. The van der Waals surface area contributed by atoms with Gasteiger partial charge in [-0.3, -0.25) is 4.90 Å². The van der Waals surface area contributed by atoms with E-state index in [2.05, 4.69) is 0 Å². The highest BCUT2D eigenvalue weighted by atomic mass is 35.5. The molecule has 0 saturated carbocycles. The van der Waals surface area contributed by atoms with E-state index in [0.29, 0.717) is 16.4 Å². The van der Waals surface area contributed by atoms with Crippen LogP contribution in [-0.4, -0.2) is 14.4 Å². The number of carbonyl (C=O) groups excluding carboxylic acids is 1. The molecule has 1 aliphatic rings. The van der Waals surface area contributed by atoms with Gasteiger partial charge in [0.15, 0.2) is 0 Å². The molecule has 3 aromatic rings. The fourth-order valence-electron chi connectivity index (χ4n) is 3.36. The first-order chi connectivity index (χ1) is 13.8. The van der Waals surface area contributed by atoms with Crippen molar-refractivity contribution in [1.29, 1.82) is 0 Å². The van der Waals surface area contributed by atoms with Crippen LogP contribution in [-0.2, 0) is 16.6 Å². The molecular weight excluding hydrogens is 408 g/mol. The van der Waals surface area contributed by atoms with E-state index in [4.69, 9.17) is 11.6 Å². The molecule has 0 bridgehead atoms. The van der Waals surface area contributed by atoms with E-state index in [9.17, 15) is 13.2 Å². The molecule has 0 spiro atoms. The van der Waals surface area contributed by atoms with Gasteiger partial charge in [-0.2, -0.15) is 4.31 Å². The number of fused-ring (bicyclic) bond motifs is 1. The van der Waals surface area contributed by atoms with E-state index < -0.39 is 16.1 Å². The number of aryl methyl sites for hydroxylation is 2. The Labute approximate surface area is 175 Å². The molecule has 148 valence electrons. The number of hydrogen-bond donors (Lipinski definition) is 0. The van der Waals surface area contributed by atoms with Gasteiger partial charge in [0, 0.05) is 5.02 Å². The second kappa shape index (κ2) is 7.21. The van der Waals surface area contributed by atoms with Crippen molar-refractivity contribution < 1.29 is 13.2 Å². The van der Waals surface area contributed by atoms with Gasteiger partial charge < -0.3 is 0 Å². The van der Waals surface area contributed by atoms with Crippen molar-refractivity contribution in [2.24, 2.45) is 0 Å². The quantitative estimate of drug-likeness (QED) is 0.571. The van der Waals surface area contributed by atoms with Crippen molar-refractivity contribution in [2.75, 3.05) is 9.21 Å². The molecule has 1 heterocycles. The topological polar surface area (TPSA) is 57.7 Å². The first-order valence-corrected chi connectivity index (χ1v) is 10.9. The third kappa shape index (κ3) is 3.28. The maximum atomic E-state index is 13.4. The second-order valence-corrected chi connectivity index (χ2v) is 9.13. The normalized spacial score (nSPS) is 15.3. The standard InChI is InChI=1S/C22H19ClN2O3S/c1-15-11-12-18(13-16(15)2)25-22(26)24(14-17-7-3-4-8-19(17)23)20-9-5-6-10-21(20)29(25,27)28/h3-13H,14H2,1-2H3. The van der Waals surface area contributed by atoms with Crippen LogP contribution in [0.15, 0.2) is 71.6 Å². The zero-order valence-electron chi connectivity index (χ0n) is 16.0. The highest BCUT2D eigenvalue weighted by Crippen LogP contribution is 2.38. The number of urea groups is 1. The number of hydrogen-bond acceptors (Lipinski definition) is 3. The van der Waals surface area contributed by atoms with E-state index in [-0.39, 0.29) is 11.4 Å². The van der Waals surface area contributed by atoms with Gasteiger partial charge in [-0.25, -0.2) is 13.2 Å². The fourth-order valence-corrected chi connectivity index (χ4v) is 5.14. The van der Waals surface area contributed by atoms with Crippen LogP contribution in [0.5, 0.6) is 0 Å². The monoisotopic (exact) mass is 426 g/mol. The summed E-state index contributed by atoms with van der Waals surface area (Å²) in [5, 5.41) is 0.518. The van der Waals surface area contributed by atoms with E-state index in [1.54, 1.807) is 36.4 Å². The summed E-state index contributed by atoms with van der Waals surface area (Å²) in [6, 6.07) is 18.3.